The van der Waals surface area contributed by atoms with E-state index in [1.165, 1.54) is 0 Å². The Kier molecular flexibility index (Phi) is 5.30. The first kappa shape index (κ1) is 18.5. The number of para-hydroxylation sites is 1. The van der Waals surface area contributed by atoms with Crippen molar-refractivity contribution in [1.29, 1.82) is 0 Å². The third-order valence-corrected chi connectivity index (χ3v) is 5.61. The van der Waals surface area contributed by atoms with Crippen molar-refractivity contribution in [1.82, 2.24) is 10.2 Å². The fourth-order valence-electron chi connectivity index (χ4n) is 4.12. The zero-order chi connectivity index (χ0) is 19.5. The van der Waals surface area contributed by atoms with E-state index in [4.69, 9.17) is 0 Å². The van der Waals surface area contributed by atoms with Gasteiger partial charge in [-0.25, -0.2) is 4.79 Å². The number of aliphatic hydroxyl groups excluding tert-OH is 1. The molecule has 3 unspecified atom stereocenters. The Hall–Kier alpha value is -2.86. The monoisotopic (exact) mass is 379 g/mol. The molecule has 1 saturated heterocycles. The fraction of sp³-hybridized carbons (Fsp3) is 0.364. The third kappa shape index (κ3) is 3.87. The van der Waals surface area contributed by atoms with Crippen LogP contribution in [0.3, 0.4) is 0 Å². The average molecular weight is 379 g/mol. The van der Waals surface area contributed by atoms with Gasteiger partial charge in [0.1, 0.15) is 0 Å². The molecule has 1 fully saturated rings. The molecular formula is C22H25N3O3. The number of piperidine rings is 1. The molecule has 0 aromatic heterocycles. The van der Waals surface area contributed by atoms with E-state index in [2.05, 4.69) is 10.6 Å². The molecule has 0 spiro atoms. The Labute approximate surface area is 164 Å². The molecule has 0 radical (unpaired) electrons. The number of carbonyl (C=O) groups is 2. The largest absolute Gasteiger partial charge is 0.390 e. The number of likely N-dealkylation sites (tertiary alicyclic amines) is 1. The number of rotatable bonds is 3. The molecule has 0 saturated carbocycles. The maximum Gasteiger partial charge on any atom is 0.321 e. The fourth-order valence-corrected chi connectivity index (χ4v) is 4.12. The summed E-state index contributed by atoms with van der Waals surface area (Å²) in [5.41, 5.74) is 2.80. The standard InChI is InChI=1S/C22H25N3O3/c26-19-13-15-7-4-5-11-18(15)20(19)24-21(27)16-8-6-12-25(14-16)22(28)23-17-9-2-1-3-10-17/h1-5,7,9-11,16,19-20,26H,6,8,12-14H2,(H,23,28)(H,24,27). The van der Waals surface area contributed by atoms with Crippen LogP contribution in [0.15, 0.2) is 54.6 Å². The minimum Gasteiger partial charge on any atom is -0.390 e. The van der Waals surface area contributed by atoms with E-state index in [-0.39, 0.29) is 23.9 Å². The summed E-state index contributed by atoms with van der Waals surface area (Å²) in [6, 6.07) is 16.6. The van der Waals surface area contributed by atoms with Gasteiger partial charge in [-0.2, -0.15) is 0 Å². The topological polar surface area (TPSA) is 81.7 Å². The van der Waals surface area contributed by atoms with Crippen molar-refractivity contribution in [2.45, 2.75) is 31.4 Å². The van der Waals surface area contributed by atoms with Crippen molar-refractivity contribution >= 4 is 17.6 Å². The molecule has 2 aromatic rings. The van der Waals surface area contributed by atoms with Gasteiger partial charge in [0, 0.05) is 25.2 Å². The summed E-state index contributed by atoms with van der Waals surface area (Å²) in [6.45, 7) is 1.02. The molecule has 6 nitrogen and oxygen atoms in total. The minimum atomic E-state index is -0.609. The molecule has 1 aliphatic heterocycles. The van der Waals surface area contributed by atoms with E-state index in [0.29, 0.717) is 19.5 Å². The molecule has 2 aliphatic rings. The first-order valence-electron chi connectivity index (χ1n) is 9.79. The molecule has 1 heterocycles. The lowest BCUT2D eigenvalue weighted by Gasteiger charge is -2.33. The molecule has 6 heteroatoms. The number of nitrogens with zero attached hydrogens (tertiary/aromatic N) is 1. The van der Waals surface area contributed by atoms with Crippen LogP contribution in [0.2, 0.25) is 0 Å². The zero-order valence-electron chi connectivity index (χ0n) is 15.7. The molecule has 1 aliphatic carbocycles. The number of benzene rings is 2. The van der Waals surface area contributed by atoms with Crippen molar-refractivity contribution in [3.63, 3.8) is 0 Å². The quantitative estimate of drug-likeness (QED) is 0.767. The first-order valence-corrected chi connectivity index (χ1v) is 9.79. The van der Waals surface area contributed by atoms with E-state index in [1.54, 1.807) is 4.90 Å². The van der Waals surface area contributed by atoms with Gasteiger partial charge in [-0.15, -0.1) is 0 Å². The van der Waals surface area contributed by atoms with Crippen LogP contribution < -0.4 is 10.6 Å². The number of fused-ring (bicyclic) bond motifs is 1. The van der Waals surface area contributed by atoms with Crippen molar-refractivity contribution in [3.05, 3.63) is 65.7 Å². The highest BCUT2D eigenvalue weighted by Crippen LogP contribution is 2.32. The van der Waals surface area contributed by atoms with E-state index >= 15 is 0 Å². The lowest BCUT2D eigenvalue weighted by Crippen LogP contribution is -2.48. The van der Waals surface area contributed by atoms with Crippen molar-refractivity contribution in [3.8, 4) is 0 Å². The lowest BCUT2D eigenvalue weighted by molar-refractivity contribution is -0.127. The second-order valence-corrected chi connectivity index (χ2v) is 7.54. The second kappa shape index (κ2) is 8.02. The molecule has 2 aromatic carbocycles. The Morgan fingerprint density at radius 2 is 1.79 bits per heavy atom. The Bertz CT molecular complexity index is 855. The van der Waals surface area contributed by atoms with Crippen molar-refractivity contribution in [2.75, 3.05) is 18.4 Å². The zero-order valence-corrected chi connectivity index (χ0v) is 15.7. The van der Waals surface area contributed by atoms with Gasteiger partial charge in [0.05, 0.1) is 18.1 Å². The smallest absolute Gasteiger partial charge is 0.321 e. The Balaban J connectivity index is 1.38. The van der Waals surface area contributed by atoms with Gasteiger partial charge < -0.3 is 20.6 Å². The van der Waals surface area contributed by atoms with Crippen LogP contribution in [0, 0.1) is 5.92 Å². The number of carbonyl (C=O) groups excluding carboxylic acids is 2. The molecule has 0 bridgehead atoms. The summed E-state index contributed by atoms with van der Waals surface area (Å²) in [6.07, 6.45) is 1.47. The number of nitrogens with one attached hydrogen (secondary N) is 2. The van der Waals surface area contributed by atoms with Crippen LogP contribution in [0.4, 0.5) is 10.5 Å². The third-order valence-electron chi connectivity index (χ3n) is 5.61. The van der Waals surface area contributed by atoms with Gasteiger partial charge in [-0.1, -0.05) is 42.5 Å². The van der Waals surface area contributed by atoms with Crippen LogP contribution in [0.1, 0.15) is 30.0 Å². The van der Waals surface area contributed by atoms with Gasteiger partial charge >= 0.3 is 6.03 Å². The SMILES string of the molecule is O=C(NC1c2ccccc2CC1O)C1CCCN(C(=O)Nc2ccccc2)C1. The predicted molar refractivity (Wildman–Crippen MR) is 107 cm³/mol. The summed E-state index contributed by atoms with van der Waals surface area (Å²) >= 11 is 0. The van der Waals surface area contributed by atoms with Crippen LogP contribution >= 0.6 is 0 Å². The van der Waals surface area contributed by atoms with E-state index in [1.807, 2.05) is 54.6 Å². The summed E-state index contributed by atoms with van der Waals surface area (Å²) in [5.74, 6) is -0.367. The summed E-state index contributed by atoms with van der Waals surface area (Å²) in [4.78, 5) is 27.1. The highest BCUT2D eigenvalue weighted by atomic mass is 16.3. The number of urea groups is 1. The van der Waals surface area contributed by atoms with E-state index in [0.717, 1.165) is 29.7 Å². The highest BCUT2D eigenvalue weighted by molar-refractivity contribution is 5.90. The predicted octanol–water partition coefficient (Wildman–Crippen LogP) is 2.71. The Morgan fingerprint density at radius 3 is 2.61 bits per heavy atom. The van der Waals surface area contributed by atoms with E-state index < -0.39 is 6.10 Å². The van der Waals surface area contributed by atoms with Crippen LogP contribution in [0.25, 0.3) is 0 Å². The number of amides is 3. The number of hydrogen-bond donors (Lipinski definition) is 3. The van der Waals surface area contributed by atoms with Gasteiger partial charge in [0.2, 0.25) is 5.91 Å². The number of anilines is 1. The summed E-state index contributed by atoms with van der Waals surface area (Å²) in [5, 5.41) is 16.3. The average Bonchev–Trinajstić information content (AvgIpc) is 3.04. The minimum absolute atomic E-state index is 0.0991. The normalized spacial score (nSPS) is 23.8. The van der Waals surface area contributed by atoms with Gasteiger partial charge in [0.25, 0.3) is 0 Å². The molecule has 3 atom stereocenters. The van der Waals surface area contributed by atoms with Crippen LogP contribution in [-0.4, -0.2) is 41.1 Å². The summed E-state index contributed by atoms with van der Waals surface area (Å²) < 4.78 is 0. The number of aliphatic hydroxyl groups is 1. The maximum atomic E-state index is 12.9. The van der Waals surface area contributed by atoms with Crippen molar-refractivity contribution < 1.29 is 14.7 Å². The molecule has 146 valence electrons. The number of hydrogen-bond acceptors (Lipinski definition) is 3. The molecule has 28 heavy (non-hydrogen) atoms. The van der Waals surface area contributed by atoms with Gasteiger partial charge in [-0.05, 0) is 36.1 Å². The summed E-state index contributed by atoms with van der Waals surface area (Å²) in [7, 11) is 0. The molecule has 3 amide bonds. The molecule has 4 rings (SSSR count). The second-order valence-electron chi connectivity index (χ2n) is 7.54. The van der Waals surface area contributed by atoms with Crippen molar-refractivity contribution in [2.24, 2.45) is 5.92 Å². The van der Waals surface area contributed by atoms with Crippen LogP contribution in [0.5, 0.6) is 0 Å². The lowest BCUT2D eigenvalue weighted by atomic mass is 9.96. The Morgan fingerprint density at radius 1 is 1.04 bits per heavy atom. The van der Waals surface area contributed by atoms with E-state index in [9.17, 15) is 14.7 Å². The maximum absolute atomic E-state index is 12.9. The highest BCUT2D eigenvalue weighted by Gasteiger charge is 2.35. The van der Waals surface area contributed by atoms with Gasteiger partial charge in [0.15, 0.2) is 0 Å². The molecular weight excluding hydrogens is 354 g/mol. The van der Waals surface area contributed by atoms with Gasteiger partial charge in [-0.3, -0.25) is 4.79 Å². The molecule has 3 N–H and O–H groups in total. The first-order chi connectivity index (χ1) is 13.6. The van der Waals surface area contributed by atoms with Crippen LogP contribution in [-0.2, 0) is 11.2 Å².